The lowest BCUT2D eigenvalue weighted by atomic mass is 10.1. The van der Waals surface area contributed by atoms with E-state index < -0.39 is 36.8 Å². The van der Waals surface area contributed by atoms with Gasteiger partial charge in [-0.25, -0.2) is 9.78 Å². The molecule has 0 aliphatic carbocycles. The average Bonchev–Trinajstić information content (AvgIpc) is 3.00. The lowest BCUT2D eigenvalue weighted by Crippen LogP contribution is -2.33. The monoisotopic (exact) mass is 310 g/mol. The van der Waals surface area contributed by atoms with Gasteiger partial charge in [0.15, 0.2) is 11.9 Å². The number of aliphatic hydroxyl groups excluding tert-OH is 3. The molecule has 0 saturated carbocycles. The zero-order valence-electron chi connectivity index (χ0n) is 12.2. The molecule has 2 aromatic heterocycles. The van der Waals surface area contributed by atoms with Gasteiger partial charge in [-0.15, -0.1) is 0 Å². The van der Waals surface area contributed by atoms with Crippen LogP contribution in [0.1, 0.15) is 26.1 Å². The van der Waals surface area contributed by atoms with Crippen LogP contribution in [0.3, 0.4) is 0 Å². The highest BCUT2D eigenvalue weighted by molar-refractivity contribution is 5.69. The summed E-state index contributed by atoms with van der Waals surface area (Å²) in [4.78, 5) is 20.2. The molecule has 4 atom stereocenters. The minimum atomic E-state index is -1.25. The van der Waals surface area contributed by atoms with Gasteiger partial charge in [0.2, 0.25) is 0 Å². The van der Waals surface area contributed by atoms with Crippen molar-refractivity contribution in [1.82, 2.24) is 19.1 Å². The highest BCUT2D eigenvalue weighted by Crippen LogP contribution is 2.30. The van der Waals surface area contributed by atoms with E-state index in [1.165, 1.54) is 15.5 Å². The Labute approximate surface area is 125 Å². The maximum absolute atomic E-state index is 12.0. The second kappa shape index (κ2) is 5.43. The summed E-state index contributed by atoms with van der Waals surface area (Å²) in [6.45, 7) is 3.30. The van der Waals surface area contributed by atoms with Gasteiger partial charge in [-0.05, 0) is 13.8 Å². The molecule has 3 N–H and O–H groups in total. The molecule has 0 radical (unpaired) electrons. The molecule has 0 spiro atoms. The highest BCUT2D eigenvalue weighted by Gasteiger charge is 2.43. The van der Waals surface area contributed by atoms with Gasteiger partial charge < -0.3 is 20.1 Å². The minimum Gasteiger partial charge on any atom is -0.394 e. The number of imidazole rings is 1. The molecule has 0 amide bonds. The van der Waals surface area contributed by atoms with Crippen LogP contribution in [-0.2, 0) is 4.74 Å². The topological polar surface area (TPSA) is 123 Å². The van der Waals surface area contributed by atoms with Gasteiger partial charge in [0.1, 0.15) is 23.8 Å². The molecule has 22 heavy (non-hydrogen) atoms. The number of aromatic nitrogens is 4. The van der Waals surface area contributed by atoms with E-state index in [2.05, 4.69) is 9.97 Å². The first-order valence-corrected chi connectivity index (χ1v) is 7.02. The first-order chi connectivity index (χ1) is 10.4. The van der Waals surface area contributed by atoms with Crippen molar-refractivity contribution in [2.24, 2.45) is 0 Å². The molecule has 3 rings (SSSR count). The Hall–Kier alpha value is -1.81. The van der Waals surface area contributed by atoms with Gasteiger partial charge in [-0.1, -0.05) is 0 Å². The lowest BCUT2D eigenvalue weighted by molar-refractivity contribution is -0.0511. The quantitative estimate of drug-likeness (QED) is 0.649. The van der Waals surface area contributed by atoms with Gasteiger partial charge >= 0.3 is 5.69 Å². The van der Waals surface area contributed by atoms with E-state index in [4.69, 9.17) is 9.84 Å². The van der Waals surface area contributed by atoms with Crippen LogP contribution in [0.4, 0.5) is 0 Å². The number of nitrogens with zero attached hydrogens (tertiary/aromatic N) is 4. The van der Waals surface area contributed by atoms with E-state index in [0.717, 1.165) is 0 Å². The number of aliphatic hydroxyl groups is 3. The number of hydrogen-bond acceptors (Lipinski definition) is 7. The predicted octanol–water partition coefficient (Wildman–Crippen LogP) is -1.21. The summed E-state index contributed by atoms with van der Waals surface area (Å²) in [7, 11) is 0. The molecular weight excluding hydrogens is 292 g/mol. The van der Waals surface area contributed by atoms with E-state index in [-0.39, 0.29) is 11.7 Å². The van der Waals surface area contributed by atoms with Crippen molar-refractivity contribution < 1.29 is 20.1 Å². The van der Waals surface area contributed by atoms with Crippen LogP contribution < -0.4 is 5.69 Å². The number of fused-ring (bicyclic) bond motifs is 1. The summed E-state index contributed by atoms with van der Waals surface area (Å²) in [5.41, 5.74) is 0.304. The molecular formula is C13H18N4O5. The predicted molar refractivity (Wildman–Crippen MR) is 75.2 cm³/mol. The Balaban J connectivity index is 2.06. The highest BCUT2D eigenvalue weighted by atomic mass is 16.6. The Morgan fingerprint density at radius 1 is 1.36 bits per heavy atom. The van der Waals surface area contributed by atoms with E-state index in [0.29, 0.717) is 5.52 Å². The number of hydrogen-bond donors (Lipinski definition) is 3. The van der Waals surface area contributed by atoms with Crippen LogP contribution >= 0.6 is 0 Å². The lowest BCUT2D eigenvalue weighted by Gasteiger charge is -2.16. The summed E-state index contributed by atoms with van der Waals surface area (Å²) in [5, 5.41) is 29.0. The maximum Gasteiger partial charge on any atom is 0.349 e. The second-order valence-corrected chi connectivity index (χ2v) is 5.61. The van der Waals surface area contributed by atoms with Crippen LogP contribution in [0.15, 0.2) is 17.3 Å². The second-order valence-electron chi connectivity index (χ2n) is 5.61. The SMILES string of the molecule is CC(C)n1cc2ncn([C@@H]3O[C@H](CO)[C@@H](O)[C@H]3O)c2nc1=O. The van der Waals surface area contributed by atoms with Gasteiger partial charge in [0, 0.05) is 12.2 Å². The fourth-order valence-electron chi connectivity index (χ4n) is 2.58. The molecule has 1 aliphatic rings. The summed E-state index contributed by atoms with van der Waals surface area (Å²) < 4.78 is 8.28. The fourth-order valence-corrected chi connectivity index (χ4v) is 2.58. The Morgan fingerprint density at radius 3 is 2.68 bits per heavy atom. The maximum atomic E-state index is 12.0. The third kappa shape index (κ3) is 2.22. The summed E-state index contributed by atoms with van der Waals surface area (Å²) in [6, 6.07) is -0.0523. The molecule has 1 aliphatic heterocycles. The Morgan fingerprint density at radius 2 is 2.09 bits per heavy atom. The molecule has 2 aromatic rings. The molecule has 120 valence electrons. The third-order valence-electron chi connectivity index (χ3n) is 3.83. The van der Waals surface area contributed by atoms with Gasteiger partial charge in [0.25, 0.3) is 0 Å². The molecule has 0 unspecified atom stereocenters. The van der Waals surface area contributed by atoms with Crippen LogP contribution in [0.2, 0.25) is 0 Å². The Bertz CT molecular complexity index is 740. The molecule has 1 fully saturated rings. The Kier molecular flexibility index (Phi) is 3.73. The van der Waals surface area contributed by atoms with Crippen molar-refractivity contribution in [2.75, 3.05) is 6.61 Å². The zero-order valence-corrected chi connectivity index (χ0v) is 12.2. The van der Waals surface area contributed by atoms with Gasteiger partial charge in [-0.2, -0.15) is 4.98 Å². The van der Waals surface area contributed by atoms with Crippen molar-refractivity contribution in [3.05, 3.63) is 23.0 Å². The molecule has 9 heteroatoms. The van der Waals surface area contributed by atoms with Crippen molar-refractivity contribution in [3.8, 4) is 0 Å². The van der Waals surface area contributed by atoms with Gasteiger partial charge in [0.05, 0.1) is 12.9 Å². The van der Waals surface area contributed by atoms with E-state index in [9.17, 15) is 15.0 Å². The van der Waals surface area contributed by atoms with Crippen molar-refractivity contribution in [2.45, 2.75) is 44.4 Å². The minimum absolute atomic E-state index is 0.0523. The number of rotatable bonds is 3. The van der Waals surface area contributed by atoms with Crippen LogP contribution in [-0.4, -0.2) is 59.3 Å². The summed E-state index contributed by atoms with van der Waals surface area (Å²) in [5.74, 6) is 0. The standard InChI is InChI=1S/C13H18N4O5/c1-6(2)16-3-7-11(15-13(16)21)17(5-14-7)12-10(20)9(19)8(4-18)22-12/h3,5-6,8-10,12,18-20H,4H2,1-2H3/t8-,9-,10-,12-/m1/s1. The largest absolute Gasteiger partial charge is 0.394 e. The molecule has 9 nitrogen and oxygen atoms in total. The number of ether oxygens (including phenoxy) is 1. The van der Waals surface area contributed by atoms with Gasteiger partial charge in [-0.3, -0.25) is 9.13 Å². The van der Waals surface area contributed by atoms with Crippen LogP contribution in [0.25, 0.3) is 11.2 Å². The fraction of sp³-hybridized carbons (Fsp3) is 0.615. The average molecular weight is 310 g/mol. The summed E-state index contributed by atoms with van der Waals surface area (Å²) in [6.07, 6.45) is -1.34. The van der Waals surface area contributed by atoms with E-state index in [1.54, 1.807) is 6.20 Å². The molecule has 0 aromatic carbocycles. The molecule has 1 saturated heterocycles. The van der Waals surface area contributed by atoms with Crippen molar-refractivity contribution in [1.29, 1.82) is 0 Å². The first kappa shape index (κ1) is 15.1. The smallest absolute Gasteiger partial charge is 0.349 e. The van der Waals surface area contributed by atoms with E-state index >= 15 is 0 Å². The normalized spacial score (nSPS) is 28.8. The van der Waals surface area contributed by atoms with Crippen LogP contribution in [0, 0.1) is 0 Å². The van der Waals surface area contributed by atoms with Crippen molar-refractivity contribution >= 4 is 11.2 Å². The zero-order chi connectivity index (χ0) is 16.0. The third-order valence-corrected chi connectivity index (χ3v) is 3.83. The van der Waals surface area contributed by atoms with E-state index in [1.807, 2.05) is 13.8 Å². The molecule has 3 heterocycles. The summed E-state index contributed by atoms with van der Waals surface area (Å²) >= 11 is 0. The van der Waals surface area contributed by atoms with Crippen molar-refractivity contribution in [3.63, 3.8) is 0 Å². The molecule has 0 bridgehead atoms. The van der Waals surface area contributed by atoms with Crippen LogP contribution in [0.5, 0.6) is 0 Å². The first-order valence-electron chi connectivity index (χ1n) is 7.02.